The predicted molar refractivity (Wildman–Crippen MR) is 46.7 cm³/mol. The lowest BCUT2D eigenvalue weighted by atomic mass is 10.0. The fourth-order valence-corrected chi connectivity index (χ4v) is 1.17. The minimum atomic E-state index is -5.08. The summed E-state index contributed by atoms with van der Waals surface area (Å²) in [6.45, 7) is 1.26. The zero-order valence-corrected chi connectivity index (χ0v) is 8.55. The Morgan fingerprint density at radius 1 is 1.35 bits per heavy atom. The van der Waals surface area contributed by atoms with Crippen molar-refractivity contribution in [3.05, 3.63) is 0 Å². The molecule has 0 bridgehead atoms. The molecule has 102 valence electrons. The van der Waals surface area contributed by atoms with Crippen molar-refractivity contribution in [1.29, 1.82) is 0 Å². The van der Waals surface area contributed by atoms with Crippen LogP contribution < -0.4 is 5.32 Å². The Bertz CT molecular complexity index is 240. The fraction of sp³-hybridized carbons (Fsp3) is 0.875. The number of aliphatic hydroxyl groups excluding tert-OH is 1. The van der Waals surface area contributed by atoms with Gasteiger partial charge in [-0.05, 0) is 13.0 Å². The average Bonchev–Trinajstić information content (AvgIpc) is 2.68. The lowest BCUT2D eigenvalue weighted by Gasteiger charge is -2.14. The minimum absolute atomic E-state index is 0.250. The van der Waals surface area contributed by atoms with Crippen LogP contribution in [0.25, 0.3) is 0 Å². The average molecular weight is 265 g/mol. The monoisotopic (exact) mass is 265 g/mol. The third kappa shape index (κ3) is 6.37. The minimum Gasteiger partial charge on any atom is -0.475 e. The summed E-state index contributed by atoms with van der Waals surface area (Å²) in [6, 6.07) is 0. The van der Waals surface area contributed by atoms with Gasteiger partial charge in [-0.3, -0.25) is 0 Å². The highest BCUT2D eigenvalue weighted by atomic mass is 19.4. The SMILES string of the molecule is O=C(O)C(F)(F)F.OC(C(F)F)C1CCNC1. The number of nitrogens with one attached hydrogen (secondary N) is 1. The van der Waals surface area contributed by atoms with Crippen molar-refractivity contribution in [3.63, 3.8) is 0 Å². The number of hydrogen-bond acceptors (Lipinski definition) is 3. The second-order valence-corrected chi connectivity index (χ2v) is 3.38. The molecule has 0 aromatic carbocycles. The second kappa shape index (κ2) is 6.70. The number of carboxylic acid groups (broad SMARTS) is 1. The molecule has 4 nitrogen and oxygen atoms in total. The third-order valence-electron chi connectivity index (χ3n) is 2.08. The summed E-state index contributed by atoms with van der Waals surface area (Å²) in [5, 5.41) is 18.9. The largest absolute Gasteiger partial charge is 0.490 e. The van der Waals surface area contributed by atoms with Crippen LogP contribution in [0.15, 0.2) is 0 Å². The normalized spacial score (nSPS) is 21.9. The molecule has 1 aliphatic heterocycles. The van der Waals surface area contributed by atoms with Gasteiger partial charge < -0.3 is 15.5 Å². The number of alkyl halides is 5. The number of carboxylic acids is 1. The van der Waals surface area contributed by atoms with Crippen LogP contribution >= 0.6 is 0 Å². The van der Waals surface area contributed by atoms with Crippen molar-refractivity contribution in [3.8, 4) is 0 Å². The highest BCUT2D eigenvalue weighted by Gasteiger charge is 2.38. The van der Waals surface area contributed by atoms with Gasteiger partial charge in [-0.2, -0.15) is 13.2 Å². The molecule has 1 fully saturated rings. The Hall–Kier alpha value is -0.960. The summed E-state index contributed by atoms with van der Waals surface area (Å²) in [7, 11) is 0. The molecule has 0 aliphatic carbocycles. The van der Waals surface area contributed by atoms with Crippen LogP contribution in [0.3, 0.4) is 0 Å². The Morgan fingerprint density at radius 3 is 2.06 bits per heavy atom. The Balaban J connectivity index is 0.000000325. The number of hydrogen-bond donors (Lipinski definition) is 3. The molecule has 3 N–H and O–H groups in total. The molecule has 2 atom stereocenters. The lowest BCUT2D eigenvalue weighted by Crippen LogP contribution is -2.29. The first kappa shape index (κ1) is 16.0. The van der Waals surface area contributed by atoms with E-state index in [-0.39, 0.29) is 5.92 Å². The van der Waals surface area contributed by atoms with Crippen molar-refractivity contribution in [2.45, 2.75) is 25.1 Å². The van der Waals surface area contributed by atoms with E-state index in [1.165, 1.54) is 0 Å². The van der Waals surface area contributed by atoms with E-state index in [4.69, 9.17) is 15.0 Å². The molecule has 1 heterocycles. The van der Waals surface area contributed by atoms with Gasteiger partial charge in [-0.1, -0.05) is 0 Å². The molecular formula is C8H12F5NO3. The zero-order valence-electron chi connectivity index (χ0n) is 8.55. The number of carbonyl (C=O) groups is 1. The summed E-state index contributed by atoms with van der Waals surface area (Å²) in [5.41, 5.74) is 0. The first-order valence-corrected chi connectivity index (χ1v) is 4.63. The molecule has 0 saturated carbocycles. The van der Waals surface area contributed by atoms with Crippen molar-refractivity contribution < 1.29 is 37.0 Å². The van der Waals surface area contributed by atoms with Gasteiger partial charge >= 0.3 is 12.1 Å². The second-order valence-electron chi connectivity index (χ2n) is 3.38. The molecule has 17 heavy (non-hydrogen) atoms. The van der Waals surface area contributed by atoms with Crippen LogP contribution in [0.1, 0.15) is 6.42 Å². The van der Waals surface area contributed by atoms with Crippen LogP contribution in [0.2, 0.25) is 0 Å². The van der Waals surface area contributed by atoms with E-state index in [1.807, 2.05) is 0 Å². The molecule has 0 spiro atoms. The van der Waals surface area contributed by atoms with E-state index in [0.717, 1.165) is 6.54 Å². The van der Waals surface area contributed by atoms with Gasteiger partial charge in [0, 0.05) is 12.5 Å². The van der Waals surface area contributed by atoms with Crippen LogP contribution in [-0.4, -0.2) is 48.0 Å². The van der Waals surface area contributed by atoms with E-state index in [1.54, 1.807) is 0 Å². The van der Waals surface area contributed by atoms with Gasteiger partial charge in [0.15, 0.2) is 0 Å². The van der Waals surface area contributed by atoms with Gasteiger partial charge in [-0.25, -0.2) is 13.6 Å². The van der Waals surface area contributed by atoms with E-state index < -0.39 is 24.7 Å². The fourth-order valence-electron chi connectivity index (χ4n) is 1.17. The molecule has 0 aromatic heterocycles. The van der Waals surface area contributed by atoms with Crippen molar-refractivity contribution in [2.75, 3.05) is 13.1 Å². The molecule has 0 radical (unpaired) electrons. The Labute approximate surface area is 93.4 Å². The van der Waals surface area contributed by atoms with Crippen LogP contribution in [0, 0.1) is 5.92 Å². The molecule has 9 heteroatoms. The van der Waals surface area contributed by atoms with Gasteiger partial charge in [0.25, 0.3) is 6.43 Å². The zero-order chi connectivity index (χ0) is 13.6. The van der Waals surface area contributed by atoms with Crippen molar-refractivity contribution >= 4 is 5.97 Å². The molecular weight excluding hydrogens is 253 g/mol. The van der Waals surface area contributed by atoms with Crippen molar-refractivity contribution in [1.82, 2.24) is 5.32 Å². The quantitative estimate of drug-likeness (QED) is 0.647. The summed E-state index contributed by atoms with van der Waals surface area (Å²) in [6.07, 6.45) is -8.45. The maximum atomic E-state index is 11.8. The number of rotatable bonds is 2. The smallest absolute Gasteiger partial charge is 0.475 e. The standard InChI is InChI=1S/C6H11F2NO.C2HF3O2/c7-6(8)5(10)4-1-2-9-3-4;3-2(4,5)1(6)7/h4-6,9-10H,1-3H2;(H,6,7). The van der Waals surface area contributed by atoms with Gasteiger partial charge in [-0.15, -0.1) is 0 Å². The van der Waals surface area contributed by atoms with Crippen LogP contribution in [-0.2, 0) is 4.79 Å². The summed E-state index contributed by atoms with van der Waals surface area (Å²) < 4.78 is 55.3. The predicted octanol–water partition coefficient (Wildman–Crippen LogP) is 0.855. The maximum absolute atomic E-state index is 11.8. The molecule has 1 aliphatic rings. The number of aliphatic carboxylic acids is 1. The summed E-state index contributed by atoms with van der Waals surface area (Å²) in [5.74, 6) is -3.01. The summed E-state index contributed by atoms with van der Waals surface area (Å²) >= 11 is 0. The highest BCUT2D eigenvalue weighted by Crippen LogP contribution is 2.17. The molecule has 2 unspecified atom stereocenters. The first-order valence-electron chi connectivity index (χ1n) is 4.63. The Morgan fingerprint density at radius 2 is 1.82 bits per heavy atom. The highest BCUT2D eigenvalue weighted by molar-refractivity contribution is 5.73. The topological polar surface area (TPSA) is 69.6 Å². The third-order valence-corrected chi connectivity index (χ3v) is 2.08. The van der Waals surface area contributed by atoms with Gasteiger partial charge in [0.05, 0.1) is 0 Å². The van der Waals surface area contributed by atoms with E-state index in [2.05, 4.69) is 5.32 Å². The van der Waals surface area contributed by atoms with E-state index in [0.29, 0.717) is 13.0 Å². The number of halogens is 5. The van der Waals surface area contributed by atoms with Crippen molar-refractivity contribution in [2.24, 2.45) is 5.92 Å². The first-order chi connectivity index (χ1) is 7.66. The summed E-state index contributed by atoms with van der Waals surface area (Å²) in [4.78, 5) is 8.90. The van der Waals surface area contributed by atoms with Gasteiger partial charge in [0.1, 0.15) is 6.10 Å². The molecule has 1 saturated heterocycles. The van der Waals surface area contributed by atoms with Gasteiger partial charge in [0.2, 0.25) is 0 Å². The molecule has 0 amide bonds. The lowest BCUT2D eigenvalue weighted by molar-refractivity contribution is -0.192. The molecule has 0 aromatic rings. The van der Waals surface area contributed by atoms with Crippen LogP contribution in [0.4, 0.5) is 22.0 Å². The Kier molecular flexibility index (Phi) is 6.32. The maximum Gasteiger partial charge on any atom is 0.490 e. The molecule has 1 rings (SSSR count). The van der Waals surface area contributed by atoms with E-state index >= 15 is 0 Å². The number of aliphatic hydroxyl groups is 1. The van der Waals surface area contributed by atoms with Crippen LogP contribution in [0.5, 0.6) is 0 Å². The van der Waals surface area contributed by atoms with E-state index in [9.17, 15) is 22.0 Å².